The van der Waals surface area contributed by atoms with Crippen LogP contribution in [0.25, 0.3) is 11.5 Å². The number of aromatic nitrogens is 3. The Morgan fingerprint density at radius 3 is 2.30 bits per heavy atom. The summed E-state index contributed by atoms with van der Waals surface area (Å²) in [6.45, 7) is 0. The third-order valence-electron chi connectivity index (χ3n) is 4.53. The number of nitrogens with zero attached hydrogens (tertiary/aromatic N) is 3. The predicted octanol–water partition coefficient (Wildman–Crippen LogP) is 4.07. The van der Waals surface area contributed by atoms with Gasteiger partial charge in [-0.25, -0.2) is 9.07 Å². The second-order valence-electron chi connectivity index (χ2n) is 6.39. The highest BCUT2D eigenvalue weighted by molar-refractivity contribution is 6.06. The smallest absolute Gasteiger partial charge is 0.261 e. The van der Waals surface area contributed by atoms with Gasteiger partial charge in [0.2, 0.25) is 0 Å². The minimum atomic E-state index is -0.446. The molecule has 0 spiro atoms. The van der Waals surface area contributed by atoms with E-state index in [1.54, 1.807) is 53.4 Å². The van der Waals surface area contributed by atoms with Gasteiger partial charge in [-0.1, -0.05) is 12.1 Å². The Morgan fingerprint density at radius 1 is 1.00 bits per heavy atom. The lowest BCUT2D eigenvalue weighted by molar-refractivity contribution is 0.102. The maximum Gasteiger partial charge on any atom is 0.261 e. The number of carbonyl (C=O) groups is 1. The van der Waals surface area contributed by atoms with Crippen molar-refractivity contribution >= 4 is 11.6 Å². The summed E-state index contributed by atoms with van der Waals surface area (Å²) in [5, 5.41) is 7.11. The molecule has 8 heteroatoms. The lowest BCUT2D eigenvalue weighted by Crippen LogP contribution is -2.15. The van der Waals surface area contributed by atoms with Gasteiger partial charge in [-0.15, -0.1) is 0 Å². The van der Waals surface area contributed by atoms with E-state index in [0.717, 1.165) is 0 Å². The van der Waals surface area contributed by atoms with Crippen LogP contribution < -0.4 is 14.8 Å². The summed E-state index contributed by atoms with van der Waals surface area (Å²) in [4.78, 5) is 13.1. The van der Waals surface area contributed by atoms with Crippen LogP contribution in [0.4, 0.5) is 10.1 Å². The molecule has 0 fully saturated rings. The maximum atomic E-state index is 14.4. The van der Waals surface area contributed by atoms with E-state index in [0.29, 0.717) is 23.0 Å². The topological polar surface area (TPSA) is 70.3 Å². The predicted molar refractivity (Wildman–Crippen MR) is 110 cm³/mol. The van der Waals surface area contributed by atoms with Crippen molar-refractivity contribution in [2.75, 3.05) is 19.5 Å². The van der Waals surface area contributed by atoms with Crippen LogP contribution in [0.3, 0.4) is 0 Å². The number of anilines is 1. The Hall–Kier alpha value is -4.07. The van der Waals surface area contributed by atoms with E-state index in [-0.39, 0.29) is 11.3 Å². The van der Waals surface area contributed by atoms with Gasteiger partial charge in [-0.05, 0) is 24.3 Å². The van der Waals surface area contributed by atoms with Crippen LogP contribution in [-0.2, 0) is 0 Å². The van der Waals surface area contributed by atoms with Crippen LogP contribution in [0.1, 0.15) is 10.4 Å². The summed E-state index contributed by atoms with van der Waals surface area (Å²) in [5.74, 6) is 0.641. The molecule has 4 aromatic rings. The molecule has 0 aliphatic rings. The zero-order valence-corrected chi connectivity index (χ0v) is 16.4. The number of rotatable bonds is 6. The second kappa shape index (κ2) is 8.12. The summed E-state index contributed by atoms with van der Waals surface area (Å²) < 4.78 is 28.0. The Labute approximate surface area is 172 Å². The monoisotopic (exact) mass is 406 g/mol. The minimum absolute atomic E-state index is 0.239. The molecule has 7 nitrogen and oxygen atoms in total. The summed E-state index contributed by atoms with van der Waals surface area (Å²) in [6, 6.07) is 14.9. The SMILES string of the molecule is COc1cc(NC(=O)c2cnn(-c3ccccc3F)c2-n2cccc2)cc(OC)c1. The van der Waals surface area contributed by atoms with Crippen molar-refractivity contribution in [3.05, 3.63) is 84.6 Å². The molecule has 1 amide bonds. The highest BCUT2D eigenvalue weighted by Crippen LogP contribution is 2.27. The molecule has 0 saturated heterocycles. The molecule has 0 aliphatic carbocycles. The maximum absolute atomic E-state index is 14.4. The van der Waals surface area contributed by atoms with Gasteiger partial charge in [0.1, 0.15) is 28.6 Å². The first-order chi connectivity index (χ1) is 14.6. The van der Waals surface area contributed by atoms with Gasteiger partial charge in [0.05, 0.1) is 20.4 Å². The minimum Gasteiger partial charge on any atom is -0.497 e. The van der Waals surface area contributed by atoms with E-state index in [2.05, 4.69) is 10.4 Å². The van der Waals surface area contributed by atoms with E-state index in [9.17, 15) is 9.18 Å². The summed E-state index contributed by atoms with van der Waals surface area (Å²) in [7, 11) is 3.06. The number of carbonyl (C=O) groups excluding carboxylic acids is 1. The molecular weight excluding hydrogens is 387 g/mol. The van der Waals surface area contributed by atoms with Crippen molar-refractivity contribution in [3.8, 4) is 23.0 Å². The van der Waals surface area contributed by atoms with E-state index < -0.39 is 11.7 Å². The first-order valence-electron chi connectivity index (χ1n) is 9.11. The number of benzene rings is 2. The Morgan fingerprint density at radius 2 is 1.67 bits per heavy atom. The fourth-order valence-electron chi connectivity index (χ4n) is 3.10. The number of para-hydroxylation sites is 1. The average molecular weight is 406 g/mol. The molecule has 152 valence electrons. The standard InChI is InChI=1S/C22H19FN4O3/c1-29-16-11-15(12-17(13-16)30-2)25-21(28)18-14-24-27(20-8-4-3-7-19(20)23)22(18)26-9-5-6-10-26/h3-14H,1-2H3,(H,25,28). The molecule has 0 aliphatic heterocycles. The normalized spacial score (nSPS) is 10.6. The van der Waals surface area contributed by atoms with Gasteiger partial charge in [0.25, 0.3) is 5.91 Å². The first kappa shape index (κ1) is 19.3. The first-order valence-corrected chi connectivity index (χ1v) is 9.11. The number of hydrogen-bond donors (Lipinski definition) is 1. The highest BCUT2D eigenvalue weighted by atomic mass is 19.1. The molecule has 2 aromatic heterocycles. The van der Waals surface area contributed by atoms with Crippen LogP contribution in [0, 0.1) is 5.82 Å². The van der Waals surface area contributed by atoms with Gasteiger partial charge in [0.15, 0.2) is 5.82 Å². The van der Waals surface area contributed by atoms with Crippen molar-refractivity contribution in [2.45, 2.75) is 0 Å². The number of halogens is 1. The summed E-state index contributed by atoms with van der Waals surface area (Å²) in [5.41, 5.74) is 1.01. The second-order valence-corrected chi connectivity index (χ2v) is 6.39. The zero-order chi connectivity index (χ0) is 21.1. The van der Waals surface area contributed by atoms with Crippen LogP contribution in [0.2, 0.25) is 0 Å². The molecule has 0 unspecified atom stereocenters. The zero-order valence-electron chi connectivity index (χ0n) is 16.4. The van der Waals surface area contributed by atoms with Gasteiger partial charge in [-0.2, -0.15) is 5.10 Å². The van der Waals surface area contributed by atoms with E-state index in [4.69, 9.17) is 9.47 Å². The Bertz CT molecular complexity index is 1160. The third-order valence-corrected chi connectivity index (χ3v) is 4.53. The number of amides is 1. The fraction of sp³-hybridized carbons (Fsp3) is 0.0909. The largest absolute Gasteiger partial charge is 0.497 e. The quantitative estimate of drug-likeness (QED) is 0.524. The Kier molecular flexibility index (Phi) is 5.21. The fourth-order valence-corrected chi connectivity index (χ4v) is 3.10. The average Bonchev–Trinajstić information content (AvgIpc) is 3.43. The van der Waals surface area contributed by atoms with Crippen LogP contribution in [0.15, 0.2) is 73.2 Å². The Balaban J connectivity index is 1.76. The van der Waals surface area contributed by atoms with Crippen molar-refractivity contribution in [1.29, 1.82) is 0 Å². The summed E-state index contributed by atoms with van der Waals surface area (Å²) >= 11 is 0. The molecule has 30 heavy (non-hydrogen) atoms. The molecule has 2 aromatic carbocycles. The van der Waals surface area contributed by atoms with Crippen molar-refractivity contribution in [3.63, 3.8) is 0 Å². The molecule has 0 saturated carbocycles. The van der Waals surface area contributed by atoms with Gasteiger partial charge in [-0.3, -0.25) is 4.79 Å². The van der Waals surface area contributed by atoms with Gasteiger partial charge in [0, 0.05) is 36.3 Å². The molecule has 0 radical (unpaired) electrons. The molecule has 2 heterocycles. The third kappa shape index (κ3) is 3.62. The number of nitrogens with one attached hydrogen (secondary N) is 1. The lowest BCUT2D eigenvalue weighted by atomic mass is 10.2. The molecule has 0 atom stereocenters. The van der Waals surface area contributed by atoms with Gasteiger partial charge < -0.3 is 19.4 Å². The highest BCUT2D eigenvalue weighted by Gasteiger charge is 2.21. The molecular formula is C22H19FN4O3. The number of methoxy groups -OCH3 is 2. The lowest BCUT2D eigenvalue weighted by Gasteiger charge is -2.12. The number of hydrogen-bond acceptors (Lipinski definition) is 4. The van der Waals surface area contributed by atoms with Crippen LogP contribution >= 0.6 is 0 Å². The summed E-state index contributed by atoms with van der Waals surface area (Å²) in [6.07, 6.45) is 4.94. The van der Waals surface area contributed by atoms with E-state index in [1.807, 2.05) is 12.1 Å². The van der Waals surface area contributed by atoms with Crippen molar-refractivity contribution in [2.24, 2.45) is 0 Å². The van der Waals surface area contributed by atoms with E-state index >= 15 is 0 Å². The molecule has 1 N–H and O–H groups in total. The molecule has 0 bridgehead atoms. The molecule has 4 rings (SSSR count). The van der Waals surface area contributed by atoms with Crippen LogP contribution in [0.5, 0.6) is 11.5 Å². The van der Waals surface area contributed by atoms with Crippen LogP contribution in [-0.4, -0.2) is 34.5 Å². The van der Waals surface area contributed by atoms with Gasteiger partial charge >= 0.3 is 0 Å². The number of ether oxygens (including phenoxy) is 2. The van der Waals surface area contributed by atoms with Crippen molar-refractivity contribution in [1.82, 2.24) is 14.3 Å². The van der Waals surface area contributed by atoms with E-state index in [1.165, 1.54) is 31.2 Å². The van der Waals surface area contributed by atoms with Crippen molar-refractivity contribution < 1.29 is 18.7 Å².